The Kier molecular flexibility index (Phi) is 4.96. The molecular formula is C14H26N4O. The minimum Gasteiger partial charge on any atom is -0.387 e. The summed E-state index contributed by atoms with van der Waals surface area (Å²) in [6.45, 7) is 6.08. The van der Waals surface area contributed by atoms with E-state index in [2.05, 4.69) is 35.9 Å². The van der Waals surface area contributed by atoms with Gasteiger partial charge in [-0.15, -0.1) is 0 Å². The molecule has 5 nitrogen and oxygen atoms in total. The van der Waals surface area contributed by atoms with Crippen molar-refractivity contribution >= 4 is 0 Å². The molecule has 5 heteroatoms. The SMILES string of the molecule is CCCn1cc(C(O)C2CN(C)CCCN2C)cn1. The van der Waals surface area contributed by atoms with Gasteiger partial charge in [0.1, 0.15) is 0 Å². The highest BCUT2D eigenvalue weighted by Gasteiger charge is 2.28. The van der Waals surface area contributed by atoms with Crippen molar-refractivity contribution in [3.05, 3.63) is 18.0 Å². The zero-order valence-corrected chi connectivity index (χ0v) is 12.3. The average molecular weight is 266 g/mol. The van der Waals surface area contributed by atoms with Gasteiger partial charge < -0.3 is 10.0 Å². The van der Waals surface area contributed by atoms with Gasteiger partial charge in [0, 0.05) is 24.8 Å². The first-order valence-electron chi connectivity index (χ1n) is 7.21. The van der Waals surface area contributed by atoms with Crippen molar-refractivity contribution in [3.8, 4) is 0 Å². The molecule has 1 saturated heterocycles. The molecule has 1 aliphatic heterocycles. The molecule has 108 valence electrons. The van der Waals surface area contributed by atoms with Crippen molar-refractivity contribution in [1.82, 2.24) is 19.6 Å². The maximum Gasteiger partial charge on any atom is 0.0987 e. The van der Waals surface area contributed by atoms with E-state index >= 15 is 0 Å². The molecule has 0 radical (unpaired) electrons. The lowest BCUT2D eigenvalue weighted by Crippen LogP contribution is -2.42. The molecule has 0 spiro atoms. The van der Waals surface area contributed by atoms with Crippen LogP contribution in [0.1, 0.15) is 31.4 Å². The molecule has 0 saturated carbocycles. The highest BCUT2D eigenvalue weighted by atomic mass is 16.3. The van der Waals surface area contributed by atoms with E-state index in [4.69, 9.17) is 0 Å². The van der Waals surface area contributed by atoms with Crippen molar-refractivity contribution < 1.29 is 5.11 Å². The molecule has 1 aromatic rings. The summed E-state index contributed by atoms with van der Waals surface area (Å²) in [5.41, 5.74) is 0.931. The third-order valence-electron chi connectivity index (χ3n) is 3.93. The van der Waals surface area contributed by atoms with E-state index in [1.165, 1.54) is 0 Å². The molecule has 0 aliphatic carbocycles. The van der Waals surface area contributed by atoms with E-state index in [1.54, 1.807) is 6.20 Å². The fourth-order valence-corrected chi connectivity index (χ4v) is 2.75. The van der Waals surface area contributed by atoms with Gasteiger partial charge in [0.05, 0.1) is 18.3 Å². The Morgan fingerprint density at radius 3 is 2.95 bits per heavy atom. The van der Waals surface area contributed by atoms with Gasteiger partial charge >= 0.3 is 0 Å². The highest BCUT2D eigenvalue weighted by Crippen LogP contribution is 2.22. The summed E-state index contributed by atoms with van der Waals surface area (Å²) in [5.74, 6) is 0. The number of aliphatic hydroxyl groups excluding tert-OH is 1. The fraction of sp³-hybridized carbons (Fsp3) is 0.786. The van der Waals surface area contributed by atoms with Crippen LogP contribution < -0.4 is 0 Å². The summed E-state index contributed by atoms with van der Waals surface area (Å²) >= 11 is 0. The molecule has 0 amide bonds. The largest absolute Gasteiger partial charge is 0.387 e. The van der Waals surface area contributed by atoms with E-state index in [1.807, 2.05) is 10.9 Å². The van der Waals surface area contributed by atoms with E-state index in [0.29, 0.717) is 0 Å². The van der Waals surface area contributed by atoms with Crippen molar-refractivity contribution in [2.45, 2.75) is 38.5 Å². The minimum atomic E-state index is -0.462. The van der Waals surface area contributed by atoms with E-state index < -0.39 is 6.10 Å². The van der Waals surface area contributed by atoms with Crippen LogP contribution in [-0.4, -0.2) is 64.5 Å². The Bertz CT molecular complexity index is 393. The van der Waals surface area contributed by atoms with Gasteiger partial charge in [-0.05, 0) is 40.0 Å². The number of aromatic nitrogens is 2. The zero-order valence-electron chi connectivity index (χ0n) is 12.3. The maximum atomic E-state index is 10.6. The van der Waals surface area contributed by atoms with Gasteiger partial charge in [-0.3, -0.25) is 9.58 Å². The molecule has 2 heterocycles. The summed E-state index contributed by atoms with van der Waals surface area (Å²) in [6, 6.07) is 0.145. The van der Waals surface area contributed by atoms with Gasteiger partial charge in [0.15, 0.2) is 0 Å². The number of hydrogen-bond donors (Lipinski definition) is 1. The number of nitrogens with zero attached hydrogens (tertiary/aromatic N) is 4. The predicted octanol–water partition coefficient (Wildman–Crippen LogP) is 0.962. The molecule has 19 heavy (non-hydrogen) atoms. The van der Waals surface area contributed by atoms with Crippen LogP contribution in [0, 0.1) is 0 Å². The Balaban J connectivity index is 2.09. The molecule has 1 fully saturated rings. The van der Waals surface area contributed by atoms with Gasteiger partial charge in [-0.1, -0.05) is 6.92 Å². The van der Waals surface area contributed by atoms with Crippen LogP contribution in [0.5, 0.6) is 0 Å². The Labute approximate surface area is 115 Å². The summed E-state index contributed by atoms with van der Waals surface area (Å²) < 4.78 is 1.92. The van der Waals surface area contributed by atoms with Crippen LogP contribution in [0.2, 0.25) is 0 Å². The van der Waals surface area contributed by atoms with Gasteiger partial charge in [-0.25, -0.2) is 0 Å². The standard InChI is InChI=1S/C14H26N4O/c1-4-6-18-10-12(9-15-18)14(19)13-11-16(2)7-5-8-17(13)3/h9-10,13-14,19H,4-8,11H2,1-3H3. The fourth-order valence-electron chi connectivity index (χ4n) is 2.75. The summed E-state index contributed by atoms with van der Waals surface area (Å²) in [5, 5.41) is 14.9. The molecule has 1 aliphatic rings. The minimum absolute atomic E-state index is 0.145. The molecule has 1 N–H and O–H groups in total. The third-order valence-corrected chi connectivity index (χ3v) is 3.93. The Morgan fingerprint density at radius 1 is 1.42 bits per heavy atom. The van der Waals surface area contributed by atoms with Crippen LogP contribution >= 0.6 is 0 Å². The lowest BCUT2D eigenvalue weighted by molar-refractivity contribution is 0.0571. The van der Waals surface area contributed by atoms with E-state index in [0.717, 1.165) is 44.6 Å². The van der Waals surface area contributed by atoms with Crippen LogP contribution in [0.25, 0.3) is 0 Å². The number of aryl methyl sites for hydroxylation is 1. The molecule has 2 unspecified atom stereocenters. The first kappa shape index (κ1) is 14.5. The number of likely N-dealkylation sites (N-methyl/N-ethyl adjacent to an activating group) is 2. The zero-order chi connectivity index (χ0) is 13.8. The highest BCUT2D eigenvalue weighted by molar-refractivity contribution is 5.11. The molecule has 0 aromatic carbocycles. The summed E-state index contributed by atoms with van der Waals surface area (Å²) in [4.78, 5) is 4.57. The van der Waals surface area contributed by atoms with Crippen molar-refractivity contribution in [2.75, 3.05) is 33.7 Å². The average Bonchev–Trinajstić information content (AvgIpc) is 2.77. The van der Waals surface area contributed by atoms with Crippen molar-refractivity contribution in [3.63, 3.8) is 0 Å². The first-order valence-corrected chi connectivity index (χ1v) is 7.21. The number of hydrogen-bond acceptors (Lipinski definition) is 4. The Hall–Kier alpha value is -0.910. The quantitative estimate of drug-likeness (QED) is 0.882. The van der Waals surface area contributed by atoms with Crippen molar-refractivity contribution in [2.24, 2.45) is 0 Å². The van der Waals surface area contributed by atoms with E-state index in [9.17, 15) is 5.11 Å². The van der Waals surface area contributed by atoms with Crippen LogP contribution in [0.3, 0.4) is 0 Å². The van der Waals surface area contributed by atoms with Gasteiger partial charge in [-0.2, -0.15) is 5.10 Å². The molecular weight excluding hydrogens is 240 g/mol. The van der Waals surface area contributed by atoms with E-state index in [-0.39, 0.29) is 6.04 Å². The molecule has 1 aromatic heterocycles. The maximum absolute atomic E-state index is 10.6. The predicted molar refractivity (Wildman–Crippen MR) is 76.0 cm³/mol. The van der Waals surface area contributed by atoms with Gasteiger partial charge in [0.2, 0.25) is 0 Å². The number of aliphatic hydroxyl groups is 1. The lowest BCUT2D eigenvalue weighted by atomic mass is 10.0. The van der Waals surface area contributed by atoms with Crippen molar-refractivity contribution in [1.29, 1.82) is 0 Å². The third kappa shape index (κ3) is 3.55. The smallest absolute Gasteiger partial charge is 0.0987 e. The Morgan fingerprint density at radius 2 is 2.21 bits per heavy atom. The number of rotatable bonds is 4. The van der Waals surface area contributed by atoms with Crippen LogP contribution in [0.15, 0.2) is 12.4 Å². The first-order chi connectivity index (χ1) is 9.11. The molecule has 2 rings (SSSR count). The molecule has 0 bridgehead atoms. The lowest BCUT2D eigenvalue weighted by Gasteiger charge is -2.31. The summed E-state index contributed by atoms with van der Waals surface area (Å²) in [6.07, 6.45) is 5.54. The van der Waals surface area contributed by atoms with Crippen LogP contribution in [-0.2, 0) is 6.54 Å². The second kappa shape index (κ2) is 6.50. The normalized spacial score (nSPS) is 24.3. The second-order valence-electron chi connectivity index (χ2n) is 5.65. The monoisotopic (exact) mass is 266 g/mol. The van der Waals surface area contributed by atoms with Gasteiger partial charge in [0.25, 0.3) is 0 Å². The van der Waals surface area contributed by atoms with Crippen LogP contribution in [0.4, 0.5) is 0 Å². The summed E-state index contributed by atoms with van der Waals surface area (Å²) in [7, 11) is 4.23. The topological polar surface area (TPSA) is 44.5 Å². The second-order valence-corrected chi connectivity index (χ2v) is 5.65. The molecule has 2 atom stereocenters.